The molecule has 3 atom stereocenters. The van der Waals surface area contributed by atoms with Gasteiger partial charge < -0.3 is 0 Å². The first-order valence-corrected chi connectivity index (χ1v) is 17.2. The molecule has 0 aliphatic heterocycles. The first-order valence-electron chi connectivity index (χ1n) is 15.8. The van der Waals surface area contributed by atoms with E-state index < -0.39 is 7.53 Å². The summed E-state index contributed by atoms with van der Waals surface area (Å²) in [5, 5.41) is 8.74. The van der Waals surface area contributed by atoms with Gasteiger partial charge >= 0.3 is 0 Å². The van der Waals surface area contributed by atoms with Crippen LogP contribution in [0.1, 0.15) is 61.3 Å². The molecule has 4 aliphatic rings. The second-order valence-corrected chi connectivity index (χ2v) is 15.5. The highest BCUT2D eigenvalue weighted by Crippen LogP contribution is 2.65. The van der Waals surface area contributed by atoms with Crippen LogP contribution in [0, 0.1) is 11.3 Å². The molecule has 2 bridgehead atoms. The van der Waals surface area contributed by atoms with E-state index in [1.807, 2.05) is 0 Å². The van der Waals surface area contributed by atoms with Gasteiger partial charge in [-0.3, -0.25) is 0 Å². The van der Waals surface area contributed by atoms with E-state index in [-0.39, 0.29) is 0 Å². The quantitative estimate of drug-likeness (QED) is 0.196. The van der Waals surface area contributed by atoms with E-state index >= 15 is 0 Å². The van der Waals surface area contributed by atoms with Gasteiger partial charge in [0.25, 0.3) is 0 Å². The van der Waals surface area contributed by atoms with Crippen molar-refractivity contribution in [3.05, 3.63) is 119 Å². The maximum Gasteiger partial charge on any atom is 0.0834 e. The van der Waals surface area contributed by atoms with Gasteiger partial charge in [0.15, 0.2) is 0 Å². The van der Waals surface area contributed by atoms with Gasteiger partial charge in [-0.05, 0) is 100 Å². The first-order chi connectivity index (χ1) is 20.6. The molecule has 0 saturated heterocycles. The standard InChI is InChI=1S/C40H36NP/c1-40(2)26-23-33-28(34(40)24-26)21-22-32-36(33)31-19-11-12-20-35(31)41-37(32)39-30-18-10-9-17-29(30)38(25-13-5-3-6-14-25)42(39)27-15-7-4-8-16-27/h3-8,11-16,19-22,26,34H,9-10,17-18,23-24H2,1-2H3/t26-,34-,42?/m0/s1. The molecule has 0 radical (unpaired) electrons. The molecule has 206 valence electrons. The van der Waals surface area contributed by atoms with Crippen molar-refractivity contribution < 1.29 is 0 Å². The molecule has 1 fully saturated rings. The molecule has 1 unspecified atom stereocenters. The lowest BCUT2D eigenvalue weighted by Crippen LogP contribution is -2.48. The molecule has 1 nitrogen and oxygen atoms in total. The highest BCUT2D eigenvalue weighted by molar-refractivity contribution is 7.63. The van der Waals surface area contributed by atoms with Crippen LogP contribution < -0.4 is 0 Å². The number of pyridine rings is 1. The van der Waals surface area contributed by atoms with E-state index in [0.29, 0.717) is 11.3 Å². The van der Waals surface area contributed by atoms with E-state index in [9.17, 15) is 0 Å². The fourth-order valence-electron chi connectivity index (χ4n) is 8.79. The molecule has 2 heterocycles. The van der Waals surface area contributed by atoms with Crippen LogP contribution in [0.25, 0.3) is 48.8 Å². The predicted octanol–water partition coefficient (Wildman–Crippen LogP) is 11.3. The first kappa shape index (κ1) is 24.9. The topological polar surface area (TPSA) is 12.9 Å². The number of nitrogens with zero attached hydrogens (tertiary/aromatic N) is 1. The highest BCUT2D eigenvalue weighted by atomic mass is 31.1. The average Bonchev–Trinajstić information content (AvgIpc) is 3.39. The Bertz CT molecular complexity index is 2010. The predicted molar refractivity (Wildman–Crippen MR) is 179 cm³/mol. The Morgan fingerprint density at radius 3 is 2.14 bits per heavy atom. The summed E-state index contributed by atoms with van der Waals surface area (Å²) >= 11 is 0. The molecule has 42 heavy (non-hydrogen) atoms. The summed E-state index contributed by atoms with van der Waals surface area (Å²) in [6.45, 7) is 4.99. The van der Waals surface area contributed by atoms with Gasteiger partial charge in [-0.2, -0.15) is 0 Å². The molecule has 0 spiro atoms. The van der Waals surface area contributed by atoms with Gasteiger partial charge in [-0.25, -0.2) is 4.98 Å². The Balaban J connectivity index is 1.43. The van der Waals surface area contributed by atoms with E-state index in [4.69, 9.17) is 4.98 Å². The van der Waals surface area contributed by atoms with Crippen molar-refractivity contribution in [2.24, 2.45) is 11.3 Å². The third kappa shape index (κ3) is 3.41. The lowest BCUT2D eigenvalue weighted by molar-refractivity contribution is 0.0192. The minimum atomic E-state index is -0.728. The molecule has 4 aliphatic carbocycles. The molecule has 2 heteroatoms. The molecular weight excluding hydrogens is 525 g/mol. The van der Waals surface area contributed by atoms with Crippen LogP contribution in [-0.2, 0) is 19.3 Å². The van der Waals surface area contributed by atoms with Crippen LogP contribution in [0.4, 0.5) is 0 Å². The molecule has 1 saturated carbocycles. The van der Waals surface area contributed by atoms with Gasteiger partial charge in [0, 0.05) is 21.4 Å². The van der Waals surface area contributed by atoms with Crippen molar-refractivity contribution in [3.8, 4) is 27.2 Å². The van der Waals surface area contributed by atoms with Crippen LogP contribution in [0.2, 0.25) is 0 Å². The smallest absolute Gasteiger partial charge is 0.0834 e. The largest absolute Gasteiger partial charge is 0.247 e. The summed E-state index contributed by atoms with van der Waals surface area (Å²) in [7, 11) is -0.728. The number of benzene rings is 4. The SMILES string of the molecule is CC1(C)[C@H]2Cc3c(ccc4c(-c5c6c(c(-c7ccccc7)p5-c5ccccc5)CCCC6)nc5ccccc5c34)[C@@H]1C2. The van der Waals surface area contributed by atoms with Gasteiger partial charge in [-0.15, -0.1) is 0 Å². The van der Waals surface area contributed by atoms with Crippen molar-refractivity contribution in [1.29, 1.82) is 0 Å². The third-order valence-corrected chi connectivity index (χ3v) is 13.8. The Hall–Kier alpha value is -3.67. The van der Waals surface area contributed by atoms with Gasteiger partial charge in [0.2, 0.25) is 0 Å². The van der Waals surface area contributed by atoms with Crippen LogP contribution in [0.5, 0.6) is 0 Å². The normalized spacial score (nSPS) is 20.7. The lowest BCUT2D eigenvalue weighted by Gasteiger charge is -2.57. The van der Waals surface area contributed by atoms with Crippen molar-refractivity contribution in [2.75, 3.05) is 0 Å². The Labute approximate surface area is 249 Å². The van der Waals surface area contributed by atoms with Crippen molar-refractivity contribution in [1.82, 2.24) is 4.98 Å². The summed E-state index contributed by atoms with van der Waals surface area (Å²) in [6.07, 6.45) is 7.42. The summed E-state index contributed by atoms with van der Waals surface area (Å²) in [5.41, 5.74) is 10.6. The maximum atomic E-state index is 5.62. The summed E-state index contributed by atoms with van der Waals surface area (Å²) in [6, 6.07) is 36.5. The van der Waals surface area contributed by atoms with Crippen LogP contribution in [-0.4, -0.2) is 4.98 Å². The van der Waals surface area contributed by atoms with Crippen molar-refractivity contribution in [2.45, 2.75) is 58.3 Å². The number of rotatable bonds is 3. The molecule has 4 aromatic carbocycles. The second-order valence-electron chi connectivity index (χ2n) is 13.4. The van der Waals surface area contributed by atoms with Crippen LogP contribution in [0.15, 0.2) is 97.1 Å². The highest BCUT2D eigenvalue weighted by Gasteiger charge is 2.52. The third-order valence-electron chi connectivity index (χ3n) is 11.1. The van der Waals surface area contributed by atoms with Gasteiger partial charge in [-0.1, -0.05) is 112 Å². The van der Waals surface area contributed by atoms with Crippen molar-refractivity contribution in [3.63, 3.8) is 0 Å². The van der Waals surface area contributed by atoms with E-state index in [1.165, 1.54) is 70.1 Å². The lowest BCUT2D eigenvalue weighted by atomic mass is 9.47. The minimum absolute atomic E-state index is 0.412. The van der Waals surface area contributed by atoms with Crippen LogP contribution in [0.3, 0.4) is 0 Å². The second kappa shape index (κ2) is 9.16. The fraction of sp³-hybridized carbons (Fsp3) is 0.275. The zero-order valence-electron chi connectivity index (χ0n) is 24.5. The molecule has 0 amide bonds. The fourth-order valence-corrected chi connectivity index (χ4v) is 11.8. The number of aromatic nitrogens is 1. The van der Waals surface area contributed by atoms with Crippen LogP contribution >= 0.6 is 7.53 Å². The Kier molecular flexibility index (Phi) is 5.43. The Morgan fingerprint density at radius 2 is 1.38 bits per heavy atom. The number of hydrogen-bond acceptors (Lipinski definition) is 1. The van der Waals surface area contributed by atoms with Crippen molar-refractivity contribution >= 4 is 29.2 Å². The summed E-state index contributed by atoms with van der Waals surface area (Å²) in [4.78, 5) is 5.62. The minimum Gasteiger partial charge on any atom is -0.247 e. The number of para-hydroxylation sites is 1. The monoisotopic (exact) mass is 561 g/mol. The zero-order valence-corrected chi connectivity index (χ0v) is 25.4. The average molecular weight is 562 g/mol. The zero-order chi connectivity index (χ0) is 28.0. The van der Waals surface area contributed by atoms with E-state index in [1.54, 1.807) is 27.5 Å². The molecule has 10 rings (SSSR count). The van der Waals surface area contributed by atoms with Gasteiger partial charge in [0.05, 0.1) is 11.2 Å². The van der Waals surface area contributed by atoms with Gasteiger partial charge in [0.1, 0.15) is 0 Å². The molecule has 0 N–H and O–H groups in total. The number of hydrogen-bond donors (Lipinski definition) is 0. The molecule has 6 aromatic rings. The van der Waals surface area contributed by atoms with E-state index in [0.717, 1.165) is 17.9 Å². The van der Waals surface area contributed by atoms with E-state index in [2.05, 4.69) is 111 Å². The number of fused-ring (bicyclic) bond motifs is 4. The molecular formula is C40H36NP. The maximum absolute atomic E-state index is 5.62. The molecule has 2 aromatic heterocycles. The Morgan fingerprint density at radius 1 is 0.690 bits per heavy atom. The summed E-state index contributed by atoms with van der Waals surface area (Å²) in [5.74, 6) is 1.46. The summed E-state index contributed by atoms with van der Waals surface area (Å²) < 4.78 is 0.